The summed E-state index contributed by atoms with van der Waals surface area (Å²) in [6.45, 7) is 5.60. The topological polar surface area (TPSA) is 59.9 Å². The van der Waals surface area contributed by atoms with Crippen molar-refractivity contribution in [2.45, 2.75) is 19.9 Å². The maximum atomic E-state index is 12.4. The van der Waals surface area contributed by atoms with E-state index in [1.807, 2.05) is 18.2 Å². The number of hydrogen-bond acceptors (Lipinski definition) is 3. The van der Waals surface area contributed by atoms with Gasteiger partial charge in [-0.25, -0.2) is 0 Å². The first-order chi connectivity index (χ1) is 12.6. The summed E-state index contributed by atoms with van der Waals surface area (Å²) >= 11 is 0. The fourth-order valence-corrected chi connectivity index (χ4v) is 3.76. The molecule has 130 valence electrons. The van der Waals surface area contributed by atoms with Gasteiger partial charge < -0.3 is 4.98 Å². The number of hydrogen-bond donors (Lipinski definition) is 1. The number of pyridine rings is 1. The third-order valence-corrected chi connectivity index (χ3v) is 5.19. The van der Waals surface area contributed by atoms with Gasteiger partial charge in [0.25, 0.3) is 5.56 Å². The number of aromatic nitrogens is 1. The fraction of sp³-hybridized carbons (Fsp3) is 0.273. The quantitative estimate of drug-likeness (QED) is 0.784. The molecule has 0 amide bonds. The van der Waals surface area contributed by atoms with Crippen LogP contribution >= 0.6 is 0 Å². The summed E-state index contributed by atoms with van der Waals surface area (Å²) in [4.78, 5) is 17.8. The second-order valence-electron chi connectivity index (χ2n) is 7.22. The smallest absolute Gasteiger partial charge is 0.256 e. The summed E-state index contributed by atoms with van der Waals surface area (Å²) < 4.78 is 0. The maximum absolute atomic E-state index is 12.4. The zero-order valence-corrected chi connectivity index (χ0v) is 14.8. The Hall–Kier alpha value is -2.90. The lowest BCUT2D eigenvalue weighted by Crippen LogP contribution is -2.19. The minimum absolute atomic E-state index is 0.162. The van der Waals surface area contributed by atoms with Crippen LogP contribution in [0.4, 0.5) is 0 Å². The summed E-state index contributed by atoms with van der Waals surface area (Å²) in [6.07, 6.45) is 1.28. The van der Waals surface area contributed by atoms with Crippen molar-refractivity contribution < 1.29 is 0 Å². The highest BCUT2D eigenvalue weighted by atomic mass is 16.1. The van der Waals surface area contributed by atoms with Crippen molar-refractivity contribution >= 4 is 10.8 Å². The van der Waals surface area contributed by atoms with Crippen LogP contribution in [0.2, 0.25) is 0 Å². The Bertz CT molecular complexity index is 1040. The van der Waals surface area contributed by atoms with Gasteiger partial charge >= 0.3 is 0 Å². The second kappa shape index (κ2) is 6.78. The van der Waals surface area contributed by atoms with Crippen LogP contribution in [0.3, 0.4) is 0 Å². The lowest BCUT2D eigenvalue weighted by Gasteiger charge is -2.15. The largest absolute Gasteiger partial charge is 0.321 e. The predicted octanol–water partition coefficient (Wildman–Crippen LogP) is 3.91. The number of fused-ring (bicyclic) bond motifs is 1. The molecular formula is C22H21N3O. The van der Waals surface area contributed by atoms with E-state index in [0.717, 1.165) is 36.8 Å². The summed E-state index contributed by atoms with van der Waals surface area (Å²) in [5, 5.41) is 10.6. The van der Waals surface area contributed by atoms with Gasteiger partial charge in [0, 0.05) is 29.6 Å². The predicted molar refractivity (Wildman–Crippen MR) is 104 cm³/mol. The van der Waals surface area contributed by atoms with Gasteiger partial charge in [-0.15, -0.1) is 0 Å². The van der Waals surface area contributed by atoms with Gasteiger partial charge in [-0.1, -0.05) is 37.3 Å². The molecule has 26 heavy (non-hydrogen) atoms. The Labute approximate surface area is 152 Å². The van der Waals surface area contributed by atoms with E-state index < -0.39 is 0 Å². The summed E-state index contributed by atoms with van der Waals surface area (Å²) in [7, 11) is 0. The van der Waals surface area contributed by atoms with Crippen molar-refractivity contribution in [2.24, 2.45) is 5.92 Å². The zero-order valence-electron chi connectivity index (χ0n) is 14.8. The molecule has 2 heterocycles. The number of H-pyrrole nitrogens is 1. The first-order valence-corrected chi connectivity index (χ1v) is 9.02. The van der Waals surface area contributed by atoms with Crippen LogP contribution < -0.4 is 5.56 Å². The molecule has 0 radical (unpaired) electrons. The molecule has 1 aromatic heterocycles. The average Bonchev–Trinajstić information content (AvgIpc) is 3.06. The van der Waals surface area contributed by atoms with Crippen molar-refractivity contribution in [3.63, 3.8) is 0 Å². The molecule has 1 atom stereocenters. The molecule has 1 unspecified atom stereocenters. The highest BCUT2D eigenvalue weighted by Gasteiger charge is 2.18. The molecule has 0 bridgehead atoms. The summed E-state index contributed by atoms with van der Waals surface area (Å²) in [6, 6.07) is 17.6. The monoisotopic (exact) mass is 343 g/mol. The molecule has 3 aromatic rings. The number of likely N-dealkylation sites (tertiary alicyclic amines) is 1. The van der Waals surface area contributed by atoms with Crippen LogP contribution in [0.25, 0.3) is 22.0 Å². The molecule has 1 aliphatic rings. The normalized spacial score (nSPS) is 17.5. The number of rotatable bonds is 3. The summed E-state index contributed by atoms with van der Waals surface area (Å²) in [5.41, 5.74) is 3.34. The van der Waals surface area contributed by atoms with Crippen molar-refractivity contribution in [3.05, 3.63) is 70.0 Å². The Morgan fingerprint density at radius 2 is 2.00 bits per heavy atom. The van der Waals surface area contributed by atoms with Crippen LogP contribution in [-0.4, -0.2) is 23.0 Å². The number of nitrogens with zero attached hydrogens (tertiary/aromatic N) is 2. The van der Waals surface area contributed by atoms with E-state index in [4.69, 9.17) is 0 Å². The first kappa shape index (κ1) is 16.6. The van der Waals surface area contributed by atoms with Gasteiger partial charge in [-0.3, -0.25) is 9.69 Å². The molecule has 0 spiro atoms. The van der Waals surface area contributed by atoms with E-state index in [0.29, 0.717) is 16.3 Å². The molecule has 1 fully saturated rings. The third-order valence-electron chi connectivity index (χ3n) is 5.19. The molecule has 4 heteroatoms. The molecule has 1 aliphatic heterocycles. The molecule has 4 nitrogen and oxygen atoms in total. The van der Waals surface area contributed by atoms with Gasteiger partial charge in [-0.2, -0.15) is 5.26 Å². The third kappa shape index (κ3) is 3.14. The van der Waals surface area contributed by atoms with E-state index in [9.17, 15) is 10.1 Å². The Morgan fingerprint density at radius 3 is 2.69 bits per heavy atom. The van der Waals surface area contributed by atoms with Gasteiger partial charge in [-0.05, 0) is 48.2 Å². The highest BCUT2D eigenvalue weighted by Crippen LogP contribution is 2.24. The fourth-order valence-electron chi connectivity index (χ4n) is 3.76. The lowest BCUT2D eigenvalue weighted by atomic mass is 10.0. The van der Waals surface area contributed by atoms with E-state index in [2.05, 4.69) is 35.0 Å². The first-order valence-electron chi connectivity index (χ1n) is 9.02. The number of benzene rings is 2. The van der Waals surface area contributed by atoms with E-state index in [-0.39, 0.29) is 5.56 Å². The van der Waals surface area contributed by atoms with Crippen molar-refractivity contribution in [2.75, 3.05) is 13.1 Å². The molecule has 1 saturated heterocycles. The minimum Gasteiger partial charge on any atom is -0.321 e. The van der Waals surface area contributed by atoms with Crippen LogP contribution in [0.1, 0.15) is 24.5 Å². The number of nitriles is 1. The van der Waals surface area contributed by atoms with Crippen molar-refractivity contribution in [3.8, 4) is 17.3 Å². The van der Waals surface area contributed by atoms with Gasteiger partial charge in [0.15, 0.2) is 0 Å². The second-order valence-corrected chi connectivity index (χ2v) is 7.22. The van der Waals surface area contributed by atoms with Crippen LogP contribution in [0.5, 0.6) is 0 Å². The SMILES string of the molecule is CC1CCN(Cc2ccc(-c3cc4c(C#N)cccc4c(=O)[nH]3)cc2)C1. The van der Waals surface area contributed by atoms with Crippen LogP contribution in [0, 0.1) is 17.2 Å². The Kier molecular flexibility index (Phi) is 4.32. The Morgan fingerprint density at radius 1 is 1.19 bits per heavy atom. The molecular weight excluding hydrogens is 322 g/mol. The average molecular weight is 343 g/mol. The highest BCUT2D eigenvalue weighted by molar-refractivity contribution is 5.89. The van der Waals surface area contributed by atoms with Crippen LogP contribution in [-0.2, 0) is 6.54 Å². The molecule has 0 saturated carbocycles. The molecule has 4 rings (SSSR count). The Balaban J connectivity index is 1.65. The van der Waals surface area contributed by atoms with E-state index in [1.165, 1.54) is 12.0 Å². The van der Waals surface area contributed by atoms with Crippen LogP contribution in [0.15, 0.2) is 53.3 Å². The molecule has 0 aliphatic carbocycles. The van der Waals surface area contributed by atoms with Crippen molar-refractivity contribution in [1.29, 1.82) is 5.26 Å². The number of aromatic amines is 1. The number of nitrogens with one attached hydrogen (secondary N) is 1. The molecule has 2 aromatic carbocycles. The van der Waals surface area contributed by atoms with Gasteiger partial charge in [0.2, 0.25) is 0 Å². The maximum Gasteiger partial charge on any atom is 0.256 e. The zero-order chi connectivity index (χ0) is 18.1. The lowest BCUT2D eigenvalue weighted by molar-refractivity contribution is 0.320. The standard InChI is InChI=1S/C22H21N3O/c1-15-9-10-25(13-15)14-16-5-7-17(8-6-16)21-11-20-18(12-23)3-2-4-19(20)22(26)24-21/h2-8,11,15H,9-10,13-14H2,1H3,(H,24,26). The van der Waals surface area contributed by atoms with Gasteiger partial charge in [0.05, 0.1) is 11.6 Å². The summed E-state index contributed by atoms with van der Waals surface area (Å²) in [5.74, 6) is 0.784. The molecule has 1 N–H and O–H groups in total. The van der Waals surface area contributed by atoms with E-state index >= 15 is 0 Å². The minimum atomic E-state index is -0.162. The van der Waals surface area contributed by atoms with E-state index in [1.54, 1.807) is 18.2 Å². The van der Waals surface area contributed by atoms with Crippen molar-refractivity contribution in [1.82, 2.24) is 9.88 Å². The van der Waals surface area contributed by atoms with Gasteiger partial charge in [0.1, 0.15) is 0 Å².